The summed E-state index contributed by atoms with van der Waals surface area (Å²) in [7, 11) is 0.212. The number of nitrogens with one attached hydrogen (secondary N) is 1. The van der Waals surface area contributed by atoms with Crippen LogP contribution >= 0.6 is 0 Å². The van der Waals surface area contributed by atoms with E-state index in [2.05, 4.69) is 15.0 Å². The summed E-state index contributed by atoms with van der Waals surface area (Å²) >= 11 is 0. The van der Waals surface area contributed by atoms with Crippen molar-refractivity contribution in [2.24, 2.45) is 0 Å². The Balaban J connectivity index is 1.33. The van der Waals surface area contributed by atoms with E-state index in [0.29, 0.717) is 25.8 Å². The van der Waals surface area contributed by atoms with Crippen molar-refractivity contribution in [1.82, 2.24) is 24.6 Å². The minimum absolute atomic E-state index is 0.0837. The lowest BCUT2D eigenvalue weighted by molar-refractivity contribution is -0.0891. The first-order valence-electron chi connectivity index (χ1n) is 11.8. The van der Waals surface area contributed by atoms with Crippen LogP contribution in [0.5, 0.6) is 0 Å². The number of sulfonamides is 1. The highest BCUT2D eigenvalue weighted by molar-refractivity contribution is 7.89. The van der Waals surface area contributed by atoms with E-state index in [0.717, 1.165) is 23.4 Å². The highest BCUT2D eigenvalue weighted by Crippen LogP contribution is 2.25. The Kier molecular flexibility index (Phi) is 8.30. The molecule has 1 fully saturated rings. The number of aliphatic hydroxyl groups is 1. The van der Waals surface area contributed by atoms with Crippen LogP contribution in [0.2, 0.25) is 0 Å². The van der Waals surface area contributed by atoms with Crippen LogP contribution in [0.3, 0.4) is 0 Å². The van der Waals surface area contributed by atoms with Crippen LogP contribution in [0, 0.1) is 0 Å². The molecule has 0 bridgehead atoms. The number of aromatic nitrogens is 3. The molecule has 2 N–H and O–H groups in total. The Morgan fingerprint density at radius 1 is 1.09 bits per heavy atom. The van der Waals surface area contributed by atoms with Gasteiger partial charge in [-0.2, -0.15) is 0 Å². The van der Waals surface area contributed by atoms with Crippen molar-refractivity contribution in [2.75, 3.05) is 20.7 Å². The molecule has 2 aromatic carbocycles. The van der Waals surface area contributed by atoms with Crippen LogP contribution in [0.25, 0.3) is 11.1 Å². The lowest BCUT2D eigenvalue weighted by Crippen LogP contribution is -2.50. The zero-order valence-electron chi connectivity index (χ0n) is 20.1. The molecule has 10 heteroatoms. The van der Waals surface area contributed by atoms with E-state index in [4.69, 9.17) is 4.74 Å². The second kappa shape index (κ2) is 11.4. The molecular weight excluding hydrogens is 466 g/mol. The first kappa shape index (κ1) is 25.5. The molecule has 0 spiro atoms. The quantitative estimate of drug-likeness (QED) is 0.440. The fraction of sp³-hybridized carbons (Fsp3) is 0.440. The van der Waals surface area contributed by atoms with Gasteiger partial charge in [0.1, 0.15) is 0 Å². The molecule has 0 amide bonds. The normalized spacial score (nSPS) is 20.9. The topological polar surface area (TPSA) is 110 Å². The molecule has 9 nitrogen and oxygen atoms in total. The van der Waals surface area contributed by atoms with Gasteiger partial charge in [-0.15, -0.1) is 5.10 Å². The van der Waals surface area contributed by atoms with Crippen LogP contribution in [-0.2, 0) is 27.8 Å². The third kappa shape index (κ3) is 6.74. The van der Waals surface area contributed by atoms with Crippen LogP contribution in [0.4, 0.5) is 0 Å². The average molecular weight is 500 g/mol. The molecule has 3 atom stereocenters. The molecule has 1 saturated heterocycles. The monoisotopic (exact) mass is 499 g/mol. The number of hydrogen-bond donors (Lipinski definition) is 2. The van der Waals surface area contributed by atoms with Gasteiger partial charge in [-0.1, -0.05) is 47.7 Å². The highest BCUT2D eigenvalue weighted by atomic mass is 32.2. The lowest BCUT2D eigenvalue weighted by atomic mass is 9.98. The second-order valence-electron chi connectivity index (χ2n) is 9.17. The van der Waals surface area contributed by atoms with Gasteiger partial charge in [0.25, 0.3) is 0 Å². The van der Waals surface area contributed by atoms with Crippen molar-refractivity contribution in [2.45, 2.75) is 55.5 Å². The number of aryl methyl sites for hydroxylation is 1. The summed E-state index contributed by atoms with van der Waals surface area (Å²) in [6.07, 6.45) is 3.22. The smallest absolute Gasteiger partial charge is 0.240 e. The molecule has 1 aliphatic heterocycles. The first-order chi connectivity index (χ1) is 16.8. The fourth-order valence-corrected chi connectivity index (χ4v) is 5.62. The SMILES string of the molecule is CN(C)Cc1cn(CC[C@H]2CC[C@H](NS(=O)(=O)c3ccc(-c4ccccc4)cc3)[C@H](CO)O2)nn1. The van der Waals surface area contributed by atoms with Crippen molar-refractivity contribution >= 4 is 10.0 Å². The molecule has 0 unspecified atom stereocenters. The molecule has 188 valence electrons. The van der Waals surface area contributed by atoms with Crippen LogP contribution in [0.1, 0.15) is 25.0 Å². The molecular formula is C25H33N5O4S. The Morgan fingerprint density at radius 3 is 2.49 bits per heavy atom. The van der Waals surface area contributed by atoms with Gasteiger partial charge in [-0.05, 0) is 56.6 Å². The van der Waals surface area contributed by atoms with E-state index in [-0.39, 0.29) is 17.6 Å². The molecule has 1 aliphatic rings. The van der Waals surface area contributed by atoms with E-state index in [9.17, 15) is 13.5 Å². The third-order valence-corrected chi connectivity index (χ3v) is 7.62. The minimum Gasteiger partial charge on any atom is -0.394 e. The van der Waals surface area contributed by atoms with Crippen LogP contribution in [0.15, 0.2) is 65.7 Å². The van der Waals surface area contributed by atoms with Gasteiger partial charge in [0.15, 0.2) is 0 Å². The molecule has 1 aromatic heterocycles. The van der Waals surface area contributed by atoms with Gasteiger partial charge in [-0.3, -0.25) is 4.68 Å². The number of nitrogens with zero attached hydrogens (tertiary/aromatic N) is 4. The first-order valence-corrected chi connectivity index (χ1v) is 13.3. The fourth-order valence-electron chi connectivity index (χ4n) is 4.32. The van der Waals surface area contributed by atoms with E-state index in [1.165, 1.54) is 0 Å². The predicted molar refractivity (Wildman–Crippen MR) is 133 cm³/mol. The van der Waals surface area contributed by atoms with Gasteiger partial charge in [0.05, 0.1) is 35.4 Å². The Morgan fingerprint density at radius 2 is 1.80 bits per heavy atom. The minimum atomic E-state index is -3.75. The van der Waals surface area contributed by atoms with E-state index < -0.39 is 22.2 Å². The van der Waals surface area contributed by atoms with Gasteiger partial charge in [0.2, 0.25) is 10.0 Å². The maximum Gasteiger partial charge on any atom is 0.240 e. The largest absolute Gasteiger partial charge is 0.394 e. The third-order valence-electron chi connectivity index (χ3n) is 6.12. The summed E-state index contributed by atoms with van der Waals surface area (Å²) in [6, 6.07) is 16.1. The maximum atomic E-state index is 13.0. The van der Waals surface area contributed by atoms with Gasteiger partial charge < -0.3 is 14.7 Å². The molecule has 2 heterocycles. The van der Waals surface area contributed by atoms with E-state index in [1.807, 2.05) is 55.5 Å². The summed E-state index contributed by atoms with van der Waals surface area (Å²) in [5, 5.41) is 18.2. The number of hydrogen-bond acceptors (Lipinski definition) is 7. The summed E-state index contributed by atoms with van der Waals surface area (Å²) in [5.41, 5.74) is 2.87. The van der Waals surface area contributed by atoms with Crippen molar-refractivity contribution < 1.29 is 18.3 Å². The Bertz CT molecular complexity index is 1180. The molecule has 0 saturated carbocycles. The summed E-state index contributed by atoms with van der Waals surface area (Å²) in [5.74, 6) is 0. The summed E-state index contributed by atoms with van der Waals surface area (Å²) in [6.45, 7) is 1.11. The number of ether oxygens (including phenoxy) is 1. The van der Waals surface area contributed by atoms with Gasteiger partial charge in [0, 0.05) is 19.3 Å². The van der Waals surface area contributed by atoms with Crippen LogP contribution in [-0.4, -0.2) is 72.4 Å². The highest BCUT2D eigenvalue weighted by Gasteiger charge is 2.34. The van der Waals surface area contributed by atoms with Crippen molar-refractivity contribution in [3.05, 3.63) is 66.5 Å². The zero-order chi connectivity index (χ0) is 24.8. The molecule has 4 rings (SSSR count). The molecule has 3 aromatic rings. The Hall–Kier alpha value is -2.63. The number of benzene rings is 2. The van der Waals surface area contributed by atoms with E-state index >= 15 is 0 Å². The predicted octanol–water partition coefficient (Wildman–Crippen LogP) is 2.28. The van der Waals surface area contributed by atoms with Crippen LogP contribution < -0.4 is 4.72 Å². The second-order valence-corrected chi connectivity index (χ2v) is 10.9. The van der Waals surface area contributed by atoms with Crippen molar-refractivity contribution in [1.29, 1.82) is 0 Å². The maximum absolute atomic E-state index is 13.0. The lowest BCUT2D eigenvalue weighted by Gasteiger charge is -2.36. The van der Waals surface area contributed by atoms with E-state index in [1.54, 1.807) is 28.9 Å². The Labute approximate surface area is 206 Å². The number of aliphatic hydroxyl groups excluding tert-OH is 1. The molecule has 35 heavy (non-hydrogen) atoms. The van der Waals surface area contributed by atoms with Crippen molar-refractivity contribution in [3.8, 4) is 11.1 Å². The standard InChI is InChI=1S/C25H33N5O4S/c1-29(2)16-21-17-30(28-26-21)15-14-22-10-13-24(25(18-31)34-22)27-35(32,33)23-11-8-20(9-12-23)19-6-4-3-5-7-19/h3-9,11-12,17,22,24-25,27,31H,10,13-16,18H2,1-2H3/t22-,24+,25+/m1/s1. The molecule has 0 aliphatic carbocycles. The summed E-state index contributed by atoms with van der Waals surface area (Å²) in [4.78, 5) is 2.22. The molecule has 0 radical (unpaired) electrons. The average Bonchev–Trinajstić information content (AvgIpc) is 3.30. The van der Waals surface area contributed by atoms with Gasteiger partial charge in [-0.25, -0.2) is 13.1 Å². The summed E-state index contributed by atoms with van der Waals surface area (Å²) < 4.78 is 36.6. The van der Waals surface area contributed by atoms with Crippen molar-refractivity contribution in [3.63, 3.8) is 0 Å². The number of rotatable bonds is 10. The van der Waals surface area contributed by atoms with Gasteiger partial charge >= 0.3 is 0 Å². The zero-order valence-corrected chi connectivity index (χ0v) is 20.9.